The number of halogens is 1. The van der Waals surface area contributed by atoms with Gasteiger partial charge in [-0.2, -0.15) is 0 Å². The Labute approximate surface area is 114 Å². The van der Waals surface area contributed by atoms with Crippen LogP contribution in [-0.2, 0) is 6.42 Å². The van der Waals surface area contributed by atoms with Crippen LogP contribution in [0.1, 0.15) is 24.8 Å². The van der Waals surface area contributed by atoms with Gasteiger partial charge in [-0.25, -0.2) is 0 Å². The molecular formula is C15H21ClN2. The minimum absolute atomic E-state index is 0.684. The Bertz CT molecular complexity index is 421. The first-order valence-corrected chi connectivity index (χ1v) is 7.39. The van der Waals surface area contributed by atoms with E-state index in [2.05, 4.69) is 23.1 Å². The highest BCUT2D eigenvalue weighted by atomic mass is 35.5. The molecule has 1 aromatic rings. The van der Waals surface area contributed by atoms with Crippen molar-refractivity contribution < 1.29 is 0 Å². The summed E-state index contributed by atoms with van der Waals surface area (Å²) in [5, 5.41) is 0.890. The van der Waals surface area contributed by atoms with Crippen LogP contribution in [0.2, 0.25) is 5.02 Å². The Hall–Kier alpha value is -0.730. The predicted octanol–water partition coefficient (Wildman–Crippen LogP) is 3.08. The first-order valence-electron chi connectivity index (χ1n) is 7.01. The summed E-state index contributed by atoms with van der Waals surface area (Å²) in [6.45, 7) is 3.07. The second-order valence-corrected chi connectivity index (χ2v) is 6.09. The third-order valence-electron chi connectivity index (χ3n) is 4.51. The minimum Gasteiger partial charge on any atom is -0.370 e. The summed E-state index contributed by atoms with van der Waals surface area (Å²) >= 11 is 6.42. The second kappa shape index (κ2) is 5.10. The topological polar surface area (TPSA) is 29.3 Å². The summed E-state index contributed by atoms with van der Waals surface area (Å²) in [5.74, 6) is 1.81. The molecule has 2 nitrogen and oxygen atoms in total. The van der Waals surface area contributed by atoms with Gasteiger partial charge in [-0.3, -0.25) is 0 Å². The maximum absolute atomic E-state index is 6.42. The van der Waals surface area contributed by atoms with Crippen molar-refractivity contribution >= 4 is 17.3 Å². The lowest BCUT2D eigenvalue weighted by atomic mass is 10.0. The van der Waals surface area contributed by atoms with Crippen molar-refractivity contribution in [2.24, 2.45) is 17.6 Å². The molecule has 2 unspecified atom stereocenters. The molecule has 3 heteroatoms. The molecule has 1 aromatic carbocycles. The molecule has 18 heavy (non-hydrogen) atoms. The molecule has 1 heterocycles. The van der Waals surface area contributed by atoms with Crippen molar-refractivity contribution in [3.8, 4) is 0 Å². The fourth-order valence-electron chi connectivity index (χ4n) is 3.56. The quantitative estimate of drug-likeness (QED) is 0.909. The van der Waals surface area contributed by atoms with Crippen LogP contribution in [0.15, 0.2) is 18.2 Å². The predicted molar refractivity (Wildman–Crippen MR) is 77.3 cm³/mol. The molecule has 0 bridgehead atoms. The normalized spacial score (nSPS) is 26.7. The van der Waals surface area contributed by atoms with E-state index in [4.69, 9.17) is 17.3 Å². The standard InChI is InChI=1S/C15H21ClN2/c16-14-8-11(6-7-17)4-5-15(14)18-9-12-2-1-3-13(12)10-18/h4-5,8,12-13H,1-3,6-7,9-10,17H2. The van der Waals surface area contributed by atoms with Gasteiger partial charge in [0.1, 0.15) is 0 Å². The Balaban J connectivity index is 1.76. The molecule has 0 radical (unpaired) electrons. The molecule has 2 atom stereocenters. The summed E-state index contributed by atoms with van der Waals surface area (Å²) in [5.41, 5.74) is 8.04. The number of nitrogens with two attached hydrogens (primary N) is 1. The highest BCUT2D eigenvalue weighted by Gasteiger charge is 2.36. The fourth-order valence-corrected chi connectivity index (χ4v) is 3.88. The highest BCUT2D eigenvalue weighted by molar-refractivity contribution is 6.33. The largest absolute Gasteiger partial charge is 0.370 e. The van der Waals surface area contributed by atoms with Gasteiger partial charge in [0, 0.05) is 13.1 Å². The van der Waals surface area contributed by atoms with Gasteiger partial charge in [-0.05, 0) is 55.3 Å². The summed E-state index contributed by atoms with van der Waals surface area (Å²) in [6, 6.07) is 6.42. The Morgan fingerprint density at radius 3 is 2.56 bits per heavy atom. The Morgan fingerprint density at radius 1 is 1.22 bits per heavy atom. The first kappa shape index (κ1) is 12.3. The van der Waals surface area contributed by atoms with Crippen molar-refractivity contribution in [1.29, 1.82) is 0 Å². The van der Waals surface area contributed by atoms with Crippen LogP contribution in [0, 0.1) is 11.8 Å². The number of rotatable bonds is 3. The third kappa shape index (κ3) is 2.24. The molecule has 2 aliphatic rings. The van der Waals surface area contributed by atoms with Gasteiger partial charge in [0.05, 0.1) is 10.7 Å². The number of benzene rings is 1. The number of hydrogen-bond acceptors (Lipinski definition) is 2. The molecule has 1 saturated carbocycles. The van der Waals surface area contributed by atoms with Crippen LogP contribution in [0.4, 0.5) is 5.69 Å². The van der Waals surface area contributed by atoms with Gasteiger partial charge in [0.15, 0.2) is 0 Å². The van der Waals surface area contributed by atoms with Crippen LogP contribution in [0.25, 0.3) is 0 Å². The van der Waals surface area contributed by atoms with Crippen molar-refractivity contribution in [2.75, 3.05) is 24.5 Å². The van der Waals surface area contributed by atoms with E-state index in [-0.39, 0.29) is 0 Å². The summed E-state index contributed by atoms with van der Waals surface area (Å²) in [4.78, 5) is 2.48. The van der Waals surface area contributed by atoms with Crippen molar-refractivity contribution in [3.63, 3.8) is 0 Å². The zero-order chi connectivity index (χ0) is 12.5. The fraction of sp³-hybridized carbons (Fsp3) is 0.600. The summed E-state index contributed by atoms with van der Waals surface area (Å²) in [7, 11) is 0. The number of anilines is 1. The Kier molecular flexibility index (Phi) is 3.49. The molecule has 0 amide bonds. The van der Waals surface area contributed by atoms with E-state index in [9.17, 15) is 0 Å². The third-order valence-corrected chi connectivity index (χ3v) is 4.81. The second-order valence-electron chi connectivity index (χ2n) is 5.68. The molecule has 0 aromatic heterocycles. The molecular weight excluding hydrogens is 244 g/mol. The number of hydrogen-bond donors (Lipinski definition) is 1. The monoisotopic (exact) mass is 264 g/mol. The smallest absolute Gasteiger partial charge is 0.0642 e. The number of nitrogens with zero attached hydrogens (tertiary/aromatic N) is 1. The zero-order valence-corrected chi connectivity index (χ0v) is 11.5. The van der Waals surface area contributed by atoms with Gasteiger partial charge >= 0.3 is 0 Å². The van der Waals surface area contributed by atoms with Crippen LogP contribution >= 0.6 is 11.6 Å². The van der Waals surface area contributed by atoms with Crippen molar-refractivity contribution in [1.82, 2.24) is 0 Å². The minimum atomic E-state index is 0.684. The van der Waals surface area contributed by atoms with Crippen LogP contribution in [0.5, 0.6) is 0 Å². The van der Waals surface area contributed by atoms with Crippen LogP contribution in [0.3, 0.4) is 0 Å². The van der Waals surface area contributed by atoms with Gasteiger partial charge in [0.25, 0.3) is 0 Å². The number of fused-ring (bicyclic) bond motifs is 1. The molecule has 2 N–H and O–H groups in total. The zero-order valence-electron chi connectivity index (χ0n) is 10.7. The molecule has 98 valence electrons. The van der Waals surface area contributed by atoms with Crippen molar-refractivity contribution in [2.45, 2.75) is 25.7 Å². The van der Waals surface area contributed by atoms with Gasteiger partial charge in [-0.15, -0.1) is 0 Å². The maximum atomic E-state index is 6.42. The lowest BCUT2D eigenvalue weighted by molar-refractivity contribution is 0.494. The molecule has 0 spiro atoms. The lowest BCUT2D eigenvalue weighted by Crippen LogP contribution is -2.21. The Morgan fingerprint density at radius 2 is 1.94 bits per heavy atom. The van der Waals surface area contributed by atoms with E-state index >= 15 is 0 Å². The van der Waals surface area contributed by atoms with E-state index in [1.54, 1.807) is 0 Å². The van der Waals surface area contributed by atoms with E-state index in [0.29, 0.717) is 6.54 Å². The summed E-state index contributed by atoms with van der Waals surface area (Å²) < 4.78 is 0. The molecule has 3 rings (SSSR count). The van der Waals surface area contributed by atoms with E-state index in [0.717, 1.165) is 23.3 Å². The van der Waals surface area contributed by atoms with Crippen LogP contribution < -0.4 is 10.6 Å². The van der Waals surface area contributed by atoms with Crippen LogP contribution in [-0.4, -0.2) is 19.6 Å². The van der Waals surface area contributed by atoms with E-state index in [1.165, 1.54) is 43.6 Å². The molecule has 1 saturated heterocycles. The molecule has 1 aliphatic carbocycles. The average Bonchev–Trinajstić information content (AvgIpc) is 2.89. The summed E-state index contributed by atoms with van der Waals surface area (Å²) in [6.07, 6.45) is 5.14. The van der Waals surface area contributed by atoms with E-state index < -0.39 is 0 Å². The van der Waals surface area contributed by atoms with Gasteiger partial charge in [-0.1, -0.05) is 24.1 Å². The molecule has 2 fully saturated rings. The van der Waals surface area contributed by atoms with Crippen molar-refractivity contribution in [3.05, 3.63) is 28.8 Å². The van der Waals surface area contributed by atoms with E-state index in [1.807, 2.05) is 0 Å². The highest BCUT2D eigenvalue weighted by Crippen LogP contribution is 2.41. The average molecular weight is 265 g/mol. The lowest BCUT2D eigenvalue weighted by Gasteiger charge is -2.21. The molecule has 1 aliphatic heterocycles. The van der Waals surface area contributed by atoms with Gasteiger partial charge < -0.3 is 10.6 Å². The van der Waals surface area contributed by atoms with Gasteiger partial charge in [0.2, 0.25) is 0 Å². The SMILES string of the molecule is NCCc1ccc(N2CC3CCCC3C2)c(Cl)c1. The maximum Gasteiger partial charge on any atom is 0.0642 e. The first-order chi connectivity index (χ1) is 8.78.